The third kappa shape index (κ3) is 2.89. The van der Waals surface area contributed by atoms with Crippen LogP contribution < -0.4 is 5.56 Å². The van der Waals surface area contributed by atoms with Crippen LogP contribution in [0.4, 0.5) is 0 Å². The van der Waals surface area contributed by atoms with E-state index >= 15 is 0 Å². The average Bonchev–Trinajstić information content (AvgIpc) is 3.10. The second kappa shape index (κ2) is 6.27. The molecule has 0 aliphatic carbocycles. The molecule has 0 fully saturated rings. The Morgan fingerprint density at radius 3 is 3.05 bits per heavy atom. The quantitative estimate of drug-likeness (QED) is 0.677. The molecule has 0 unspecified atom stereocenters. The molecule has 0 saturated carbocycles. The van der Waals surface area contributed by atoms with Crippen LogP contribution in [-0.2, 0) is 30.2 Å². The summed E-state index contributed by atoms with van der Waals surface area (Å²) in [4.78, 5) is 23.9. The number of fused-ring (bicyclic) bond motifs is 1. The Hall–Kier alpha value is -1.21. The van der Waals surface area contributed by atoms with Gasteiger partial charge in [0.05, 0.1) is 23.4 Å². The molecule has 0 aromatic carbocycles. The van der Waals surface area contributed by atoms with E-state index in [0.29, 0.717) is 5.16 Å². The lowest BCUT2D eigenvalue weighted by atomic mass is 10.3. The molecule has 3 heterocycles. The Morgan fingerprint density at radius 2 is 2.29 bits per heavy atom. The van der Waals surface area contributed by atoms with Crippen molar-refractivity contribution >= 4 is 23.5 Å². The van der Waals surface area contributed by atoms with Gasteiger partial charge >= 0.3 is 0 Å². The van der Waals surface area contributed by atoms with E-state index in [0.717, 1.165) is 47.2 Å². The largest absolute Gasteiger partial charge is 0.334 e. The van der Waals surface area contributed by atoms with Crippen molar-refractivity contribution in [3.63, 3.8) is 0 Å². The maximum Gasteiger partial charge on any atom is 0.255 e. The molecular weight excluding hydrogens is 304 g/mol. The van der Waals surface area contributed by atoms with Crippen LogP contribution in [0.5, 0.6) is 0 Å². The van der Waals surface area contributed by atoms with Gasteiger partial charge in [-0.05, 0) is 13.3 Å². The number of thioether (sulfide) groups is 2. The lowest BCUT2D eigenvalue weighted by Gasteiger charge is -2.07. The van der Waals surface area contributed by atoms with Crippen molar-refractivity contribution in [3.8, 4) is 0 Å². The molecule has 0 spiro atoms. The van der Waals surface area contributed by atoms with Gasteiger partial charge < -0.3 is 9.55 Å². The van der Waals surface area contributed by atoms with Crippen LogP contribution in [0.2, 0.25) is 0 Å². The summed E-state index contributed by atoms with van der Waals surface area (Å²) in [6.07, 6.45) is 2.82. The standard InChI is InChI=1S/C14H18N4OS2/c1-3-10-12(18(4-2)8-15-10)7-21-14-16-11-6-20-5-9(11)13(19)17-14/h8H,3-7H2,1-2H3,(H,16,17,19). The van der Waals surface area contributed by atoms with Crippen LogP contribution in [0.3, 0.4) is 0 Å². The van der Waals surface area contributed by atoms with Crippen molar-refractivity contribution in [3.05, 3.63) is 39.3 Å². The summed E-state index contributed by atoms with van der Waals surface area (Å²) in [5.74, 6) is 2.41. The molecular formula is C14H18N4OS2. The Morgan fingerprint density at radius 1 is 1.43 bits per heavy atom. The number of H-pyrrole nitrogens is 1. The minimum Gasteiger partial charge on any atom is -0.334 e. The Kier molecular flexibility index (Phi) is 4.40. The first-order valence-corrected chi connectivity index (χ1v) is 9.22. The zero-order valence-corrected chi connectivity index (χ0v) is 13.8. The van der Waals surface area contributed by atoms with Gasteiger partial charge in [0.15, 0.2) is 5.16 Å². The summed E-state index contributed by atoms with van der Waals surface area (Å²) in [7, 11) is 0. The highest BCUT2D eigenvalue weighted by molar-refractivity contribution is 7.98. The minimum atomic E-state index is 0.0206. The maximum atomic E-state index is 12.0. The van der Waals surface area contributed by atoms with Gasteiger partial charge in [0.25, 0.3) is 5.56 Å². The first-order chi connectivity index (χ1) is 10.2. The molecule has 1 aliphatic rings. The fraction of sp³-hybridized carbons (Fsp3) is 0.500. The van der Waals surface area contributed by atoms with E-state index in [1.165, 1.54) is 5.69 Å². The van der Waals surface area contributed by atoms with E-state index in [9.17, 15) is 4.79 Å². The first kappa shape index (κ1) is 14.7. The molecule has 112 valence electrons. The van der Waals surface area contributed by atoms with Crippen LogP contribution >= 0.6 is 23.5 Å². The van der Waals surface area contributed by atoms with Crippen LogP contribution in [0.25, 0.3) is 0 Å². The van der Waals surface area contributed by atoms with Crippen LogP contribution in [0.15, 0.2) is 16.3 Å². The van der Waals surface area contributed by atoms with Crippen molar-refractivity contribution in [2.45, 2.75) is 49.2 Å². The highest BCUT2D eigenvalue weighted by Gasteiger charge is 2.18. The SMILES string of the molecule is CCc1ncn(CC)c1CSc1nc2c(c(=O)[nH]1)CSC2. The zero-order chi connectivity index (χ0) is 14.8. The molecule has 3 rings (SSSR count). The molecule has 21 heavy (non-hydrogen) atoms. The third-order valence-electron chi connectivity index (χ3n) is 3.62. The van der Waals surface area contributed by atoms with Crippen molar-refractivity contribution in [2.75, 3.05) is 0 Å². The van der Waals surface area contributed by atoms with Crippen molar-refractivity contribution < 1.29 is 0 Å². The lowest BCUT2D eigenvalue weighted by Crippen LogP contribution is -2.15. The molecule has 0 radical (unpaired) electrons. The zero-order valence-electron chi connectivity index (χ0n) is 12.2. The number of aromatic nitrogens is 4. The average molecular weight is 322 g/mol. The van der Waals surface area contributed by atoms with E-state index in [2.05, 4.69) is 33.4 Å². The number of aromatic amines is 1. The summed E-state index contributed by atoms with van der Waals surface area (Å²) in [5.41, 5.74) is 4.17. The number of nitrogens with zero attached hydrogens (tertiary/aromatic N) is 3. The molecule has 5 nitrogen and oxygen atoms in total. The smallest absolute Gasteiger partial charge is 0.255 e. The normalized spacial score (nSPS) is 13.6. The van der Waals surface area contributed by atoms with E-state index in [4.69, 9.17) is 0 Å². The summed E-state index contributed by atoms with van der Waals surface area (Å²) in [6.45, 7) is 5.14. The number of hydrogen-bond acceptors (Lipinski definition) is 5. The van der Waals surface area contributed by atoms with Gasteiger partial charge in [-0.3, -0.25) is 4.79 Å². The second-order valence-corrected chi connectivity index (χ2v) is 6.80. The summed E-state index contributed by atoms with van der Waals surface area (Å²) in [6, 6.07) is 0. The molecule has 1 aliphatic heterocycles. The summed E-state index contributed by atoms with van der Waals surface area (Å²) >= 11 is 3.33. The highest BCUT2D eigenvalue weighted by atomic mass is 32.2. The Balaban J connectivity index is 1.81. The number of hydrogen-bond donors (Lipinski definition) is 1. The van der Waals surface area contributed by atoms with E-state index in [1.54, 1.807) is 23.5 Å². The van der Waals surface area contributed by atoms with Crippen molar-refractivity contribution in [1.29, 1.82) is 0 Å². The molecule has 2 aromatic rings. The van der Waals surface area contributed by atoms with E-state index in [1.807, 2.05) is 6.33 Å². The topological polar surface area (TPSA) is 63.6 Å². The van der Waals surface area contributed by atoms with Crippen molar-refractivity contribution in [2.24, 2.45) is 0 Å². The van der Waals surface area contributed by atoms with Crippen LogP contribution in [0.1, 0.15) is 36.5 Å². The van der Waals surface area contributed by atoms with Gasteiger partial charge in [-0.1, -0.05) is 18.7 Å². The maximum absolute atomic E-state index is 12.0. The van der Waals surface area contributed by atoms with Crippen LogP contribution in [0, 0.1) is 0 Å². The second-order valence-electron chi connectivity index (χ2n) is 4.86. The first-order valence-electron chi connectivity index (χ1n) is 7.08. The molecule has 0 atom stereocenters. The van der Waals surface area contributed by atoms with Crippen molar-refractivity contribution in [1.82, 2.24) is 19.5 Å². The Bertz CT molecular complexity index is 686. The third-order valence-corrected chi connectivity index (χ3v) is 5.47. The Labute approximate surface area is 132 Å². The summed E-state index contributed by atoms with van der Waals surface area (Å²) in [5, 5.41) is 0.715. The van der Waals surface area contributed by atoms with Gasteiger partial charge in [0, 0.05) is 29.4 Å². The fourth-order valence-corrected chi connectivity index (χ4v) is 4.41. The monoisotopic (exact) mass is 322 g/mol. The molecule has 0 saturated heterocycles. The predicted molar refractivity (Wildman–Crippen MR) is 86.7 cm³/mol. The molecule has 0 bridgehead atoms. The fourth-order valence-electron chi connectivity index (χ4n) is 2.43. The number of nitrogens with one attached hydrogen (secondary N) is 1. The van der Waals surface area contributed by atoms with E-state index < -0.39 is 0 Å². The lowest BCUT2D eigenvalue weighted by molar-refractivity contribution is 0.730. The van der Waals surface area contributed by atoms with Gasteiger partial charge in [-0.2, -0.15) is 11.8 Å². The van der Waals surface area contributed by atoms with Gasteiger partial charge in [-0.15, -0.1) is 0 Å². The van der Waals surface area contributed by atoms with Gasteiger partial charge in [-0.25, -0.2) is 9.97 Å². The van der Waals surface area contributed by atoms with Gasteiger partial charge in [0.2, 0.25) is 0 Å². The molecule has 2 aromatic heterocycles. The predicted octanol–water partition coefficient (Wildman–Crippen LogP) is 2.59. The van der Waals surface area contributed by atoms with Crippen LogP contribution in [-0.4, -0.2) is 19.5 Å². The number of rotatable bonds is 5. The molecule has 0 amide bonds. The number of imidazole rings is 1. The summed E-state index contributed by atoms with van der Waals surface area (Å²) < 4.78 is 2.16. The molecule has 7 heteroatoms. The highest BCUT2D eigenvalue weighted by Crippen LogP contribution is 2.28. The minimum absolute atomic E-state index is 0.0206. The molecule has 1 N–H and O–H groups in total. The van der Waals surface area contributed by atoms with E-state index in [-0.39, 0.29) is 5.56 Å². The number of aryl methyl sites for hydroxylation is 2. The van der Waals surface area contributed by atoms with Gasteiger partial charge in [0.1, 0.15) is 0 Å².